The van der Waals surface area contributed by atoms with Gasteiger partial charge in [-0.1, -0.05) is 104 Å². The predicted octanol–water partition coefficient (Wildman–Crippen LogP) is 7.17. The molecule has 3 aromatic carbocycles. The van der Waals surface area contributed by atoms with Crippen LogP contribution >= 0.6 is 8.20 Å². The number of nitrogens with zero attached hydrogens (tertiary/aromatic N) is 1. The molecule has 31 heavy (non-hydrogen) atoms. The summed E-state index contributed by atoms with van der Waals surface area (Å²) in [6, 6.07) is 22.6. The van der Waals surface area contributed by atoms with Crippen LogP contribution in [-0.2, 0) is 10.8 Å². The number of anilines is 1. The zero-order valence-electron chi connectivity index (χ0n) is 20.2. The van der Waals surface area contributed by atoms with Gasteiger partial charge in [0.25, 0.3) is 0 Å². The highest BCUT2D eigenvalue weighted by molar-refractivity contribution is 7.51. The van der Waals surface area contributed by atoms with Crippen LogP contribution < -0.4 is 10.2 Å². The molecule has 160 valence electrons. The summed E-state index contributed by atoms with van der Waals surface area (Å²) in [5.74, 6) is 0. The van der Waals surface area contributed by atoms with E-state index in [4.69, 9.17) is 0 Å². The van der Waals surface area contributed by atoms with Crippen molar-refractivity contribution in [3.8, 4) is 11.1 Å². The summed E-state index contributed by atoms with van der Waals surface area (Å²) in [5, 5.41) is 2.84. The molecule has 1 nitrogen and oxygen atoms in total. The van der Waals surface area contributed by atoms with E-state index in [1.165, 1.54) is 57.9 Å². The van der Waals surface area contributed by atoms with Gasteiger partial charge in [-0.2, -0.15) is 0 Å². The lowest BCUT2D eigenvalue weighted by molar-refractivity contribution is 0.571. The van der Waals surface area contributed by atoms with Crippen LogP contribution in [0.3, 0.4) is 0 Å². The zero-order valence-corrected chi connectivity index (χ0v) is 21.1. The Morgan fingerprint density at radius 3 is 1.55 bits per heavy atom. The molecule has 0 amide bonds. The molecule has 1 aliphatic rings. The van der Waals surface area contributed by atoms with Gasteiger partial charge in [-0.3, -0.25) is 0 Å². The van der Waals surface area contributed by atoms with Crippen molar-refractivity contribution in [2.24, 2.45) is 0 Å². The Balaban J connectivity index is 2.06. The van der Waals surface area contributed by atoms with E-state index in [1.54, 1.807) is 0 Å². The first-order valence-corrected chi connectivity index (χ1v) is 12.0. The Morgan fingerprint density at radius 1 is 0.645 bits per heavy atom. The van der Waals surface area contributed by atoms with E-state index in [0.717, 1.165) is 0 Å². The average molecular weight is 428 g/mol. The fourth-order valence-corrected chi connectivity index (χ4v) is 6.06. The number of hydrogen-bond acceptors (Lipinski definition) is 1. The molecule has 3 aromatic rings. The van der Waals surface area contributed by atoms with Gasteiger partial charge in [-0.15, -0.1) is 0 Å². The summed E-state index contributed by atoms with van der Waals surface area (Å²) >= 11 is 0. The molecule has 0 N–H and O–H groups in total. The molecule has 0 bridgehead atoms. The van der Waals surface area contributed by atoms with Crippen LogP contribution in [0.2, 0.25) is 0 Å². The molecule has 0 saturated heterocycles. The molecule has 0 aromatic heterocycles. The van der Waals surface area contributed by atoms with Crippen LogP contribution in [0.25, 0.3) is 11.1 Å². The molecule has 1 aliphatic carbocycles. The monoisotopic (exact) mass is 427 g/mol. The van der Waals surface area contributed by atoms with E-state index in [-0.39, 0.29) is 10.8 Å². The second-order valence-corrected chi connectivity index (χ2v) is 12.0. The number of rotatable bonds is 2. The molecular formula is C29H34NP. The first-order valence-electron chi connectivity index (χ1n) is 11.1. The highest BCUT2D eigenvalue weighted by Gasteiger charge is 2.28. The first-order chi connectivity index (χ1) is 14.5. The lowest BCUT2D eigenvalue weighted by atomic mass is 9.80. The van der Waals surface area contributed by atoms with Crippen molar-refractivity contribution in [1.82, 2.24) is 0 Å². The van der Waals surface area contributed by atoms with Crippen LogP contribution in [0.4, 0.5) is 5.69 Å². The quantitative estimate of drug-likeness (QED) is 0.307. The van der Waals surface area contributed by atoms with Gasteiger partial charge in [0.15, 0.2) is 0 Å². The molecule has 0 spiro atoms. The third-order valence-corrected chi connectivity index (χ3v) is 7.52. The Hall–Kier alpha value is -2.37. The van der Waals surface area contributed by atoms with E-state index in [1.807, 2.05) is 0 Å². The van der Waals surface area contributed by atoms with Gasteiger partial charge in [0.05, 0.1) is 0 Å². The maximum Gasteiger partial charge on any atom is 0.0487 e. The highest BCUT2D eigenvalue weighted by atomic mass is 31.1. The van der Waals surface area contributed by atoms with E-state index >= 15 is 0 Å². The second kappa shape index (κ2) is 7.64. The van der Waals surface area contributed by atoms with Crippen LogP contribution in [0.5, 0.6) is 0 Å². The molecule has 0 fully saturated rings. The summed E-state index contributed by atoms with van der Waals surface area (Å²) in [6.07, 6.45) is 0. The lowest BCUT2D eigenvalue weighted by Gasteiger charge is -2.30. The zero-order chi connectivity index (χ0) is 22.6. The standard InChI is InChI=1S/C29H34NP/c1-28(2,3)19-17-24(29(4,5)6)27(25(18-19)30(7)8)31-26-22-15-11-9-13-20(22)21-14-10-12-16-23(21)26/h9-18H,1-8H3. The number of hydrogen-bond donors (Lipinski definition) is 0. The third kappa shape index (κ3) is 3.97. The van der Waals surface area contributed by atoms with E-state index < -0.39 is 0 Å². The Bertz CT molecular complexity index is 1120. The minimum atomic E-state index is 0.0621. The highest BCUT2D eigenvalue weighted by Crippen LogP contribution is 2.41. The molecule has 0 saturated carbocycles. The fraction of sp³-hybridized carbons (Fsp3) is 0.345. The van der Waals surface area contributed by atoms with Crippen LogP contribution in [0.15, 0.2) is 60.7 Å². The molecule has 0 radical (unpaired) electrons. The maximum absolute atomic E-state index is 2.46. The van der Waals surface area contributed by atoms with Crippen molar-refractivity contribution < 1.29 is 0 Å². The van der Waals surface area contributed by atoms with Crippen molar-refractivity contribution in [2.45, 2.75) is 52.4 Å². The predicted molar refractivity (Wildman–Crippen MR) is 140 cm³/mol. The van der Waals surface area contributed by atoms with Gasteiger partial charge < -0.3 is 4.90 Å². The molecular weight excluding hydrogens is 393 g/mol. The van der Waals surface area contributed by atoms with Gasteiger partial charge >= 0.3 is 0 Å². The van der Waals surface area contributed by atoms with Crippen molar-refractivity contribution in [2.75, 3.05) is 19.0 Å². The molecule has 0 aliphatic heterocycles. The lowest BCUT2D eigenvalue weighted by Crippen LogP contribution is -2.27. The maximum atomic E-state index is 2.46. The minimum Gasteiger partial charge on any atom is -0.377 e. The van der Waals surface area contributed by atoms with Gasteiger partial charge in [-0.25, -0.2) is 0 Å². The topological polar surface area (TPSA) is 3.24 Å². The van der Waals surface area contributed by atoms with Gasteiger partial charge in [0.2, 0.25) is 0 Å². The number of benzene rings is 3. The minimum absolute atomic E-state index is 0.0621. The van der Waals surface area contributed by atoms with Gasteiger partial charge in [0, 0.05) is 30.4 Å². The third-order valence-electron chi connectivity index (χ3n) is 6.12. The molecule has 0 atom stereocenters. The largest absolute Gasteiger partial charge is 0.377 e. The van der Waals surface area contributed by atoms with E-state index in [0.29, 0.717) is 0 Å². The molecule has 0 unspecified atom stereocenters. The Kier molecular flexibility index (Phi) is 5.39. The van der Waals surface area contributed by atoms with Crippen LogP contribution in [0.1, 0.15) is 63.8 Å². The number of fused-ring (bicyclic) bond motifs is 3. The fourth-order valence-electron chi connectivity index (χ4n) is 4.31. The Labute approximate surface area is 189 Å². The van der Waals surface area contributed by atoms with Crippen molar-refractivity contribution in [1.29, 1.82) is 0 Å². The summed E-state index contributed by atoms with van der Waals surface area (Å²) < 4.78 is 0. The van der Waals surface area contributed by atoms with Gasteiger partial charge in [-0.05, 0) is 50.3 Å². The van der Waals surface area contributed by atoms with Crippen LogP contribution in [0, 0.1) is 0 Å². The second-order valence-electron chi connectivity index (χ2n) is 10.8. The average Bonchev–Trinajstić information content (AvgIpc) is 3.00. The SMILES string of the molecule is CN(C)c1cc(C(C)(C)C)cc(C(C)(C)C)c1P=C1c2ccccc2-c2ccccc21. The van der Waals surface area contributed by atoms with Crippen molar-refractivity contribution in [3.63, 3.8) is 0 Å². The summed E-state index contributed by atoms with van der Waals surface area (Å²) in [4.78, 5) is 2.29. The van der Waals surface area contributed by atoms with E-state index in [9.17, 15) is 0 Å². The summed E-state index contributed by atoms with van der Waals surface area (Å²) in [6.45, 7) is 14.0. The molecule has 2 heteroatoms. The first kappa shape index (κ1) is 21.8. The van der Waals surface area contributed by atoms with Crippen molar-refractivity contribution in [3.05, 3.63) is 82.9 Å². The normalized spacial score (nSPS) is 13.4. The smallest absolute Gasteiger partial charge is 0.0487 e. The van der Waals surface area contributed by atoms with Gasteiger partial charge in [0.1, 0.15) is 0 Å². The van der Waals surface area contributed by atoms with Crippen LogP contribution in [-0.4, -0.2) is 19.4 Å². The summed E-state index contributed by atoms with van der Waals surface area (Å²) in [5.41, 5.74) is 9.80. The Morgan fingerprint density at radius 2 is 1.13 bits per heavy atom. The summed E-state index contributed by atoms with van der Waals surface area (Å²) in [7, 11) is 5.63. The van der Waals surface area contributed by atoms with Crippen molar-refractivity contribution >= 4 is 24.5 Å². The molecule has 0 heterocycles. The van der Waals surface area contributed by atoms with E-state index in [2.05, 4.69) is 121 Å². The molecule has 4 rings (SSSR count).